The highest BCUT2D eigenvalue weighted by atomic mass is 127. The first-order valence-corrected chi connectivity index (χ1v) is 8.07. The van der Waals surface area contributed by atoms with E-state index in [0.29, 0.717) is 12.1 Å². The Morgan fingerprint density at radius 1 is 1.22 bits per heavy atom. The fourth-order valence-corrected chi connectivity index (χ4v) is 3.81. The molecule has 3 rings (SSSR count). The Balaban J connectivity index is 1.64. The molecule has 3 unspecified atom stereocenters. The lowest BCUT2D eigenvalue weighted by molar-refractivity contribution is 0.291. The Hall–Kier alpha value is -0.130. The maximum atomic E-state index is 3.84. The van der Waals surface area contributed by atoms with Crippen LogP contribution in [0.3, 0.4) is 0 Å². The zero-order valence-corrected chi connectivity index (χ0v) is 13.1. The van der Waals surface area contributed by atoms with Gasteiger partial charge in [0.15, 0.2) is 0 Å². The van der Waals surface area contributed by atoms with Crippen LogP contribution in [0.2, 0.25) is 0 Å². The fraction of sp³-hybridized carbons (Fsp3) is 0.600. The molecule has 0 aliphatic carbocycles. The number of benzene rings is 1. The van der Waals surface area contributed by atoms with Crippen LogP contribution < -0.4 is 5.32 Å². The summed E-state index contributed by atoms with van der Waals surface area (Å²) in [5.41, 5.74) is 1.41. The number of halogens is 1. The monoisotopic (exact) mass is 356 g/mol. The van der Waals surface area contributed by atoms with E-state index in [1.807, 2.05) is 0 Å². The van der Waals surface area contributed by atoms with Gasteiger partial charge in [-0.3, -0.25) is 4.90 Å². The van der Waals surface area contributed by atoms with Crippen molar-refractivity contribution < 1.29 is 0 Å². The molecule has 2 aliphatic rings. The highest BCUT2D eigenvalue weighted by Crippen LogP contribution is 2.29. The summed E-state index contributed by atoms with van der Waals surface area (Å²) in [6.07, 6.45) is 4.09. The molecule has 2 fully saturated rings. The third kappa shape index (κ3) is 2.58. The molecule has 1 aromatic carbocycles. The van der Waals surface area contributed by atoms with Crippen LogP contribution in [0.5, 0.6) is 0 Å². The molecule has 0 bridgehead atoms. The van der Waals surface area contributed by atoms with Gasteiger partial charge in [0.05, 0.1) is 0 Å². The normalized spacial score (nSPS) is 29.4. The Bertz CT molecular complexity index is 403. The molecule has 0 radical (unpaired) electrons. The van der Waals surface area contributed by atoms with Gasteiger partial charge in [-0.1, -0.05) is 12.1 Å². The quantitative estimate of drug-likeness (QED) is 0.837. The molecule has 2 saturated heterocycles. The number of hydrogen-bond acceptors (Lipinski definition) is 2. The molecule has 0 aromatic heterocycles. The lowest BCUT2D eigenvalue weighted by Gasteiger charge is -2.25. The minimum atomic E-state index is 0.465. The topological polar surface area (TPSA) is 15.3 Å². The van der Waals surface area contributed by atoms with Gasteiger partial charge in [0.1, 0.15) is 0 Å². The summed E-state index contributed by atoms with van der Waals surface area (Å²) in [4.78, 5) is 2.66. The summed E-state index contributed by atoms with van der Waals surface area (Å²) in [5.74, 6) is 0. The second kappa shape index (κ2) is 5.47. The molecular formula is C15H21IN2. The van der Waals surface area contributed by atoms with Crippen LogP contribution in [0.25, 0.3) is 0 Å². The fourth-order valence-electron chi connectivity index (χ4n) is 3.45. The van der Waals surface area contributed by atoms with Gasteiger partial charge in [0.2, 0.25) is 0 Å². The third-order valence-corrected chi connectivity index (χ3v) is 5.16. The highest BCUT2D eigenvalue weighted by molar-refractivity contribution is 14.1. The predicted octanol–water partition coefficient (Wildman–Crippen LogP) is 3.18. The molecule has 2 heterocycles. The van der Waals surface area contributed by atoms with E-state index in [9.17, 15) is 0 Å². The average molecular weight is 356 g/mol. The van der Waals surface area contributed by atoms with Crippen molar-refractivity contribution in [3.8, 4) is 0 Å². The Labute approximate surface area is 123 Å². The standard InChI is InChI=1S/C15H21IN2/c1-11(12-4-6-13(16)7-5-12)17-14-8-10-18-9-2-3-15(14)18/h4-7,11,14-15,17H,2-3,8-10H2,1H3. The summed E-state index contributed by atoms with van der Waals surface area (Å²) in [6.45, 7) is 4.91. The molecular weight excluding hydrogens is 335 g/mol. The Morgan fingerprint density at radius 2 is 2.00 bits per heavy atom. The van der Waals surface area contributed by atoms with E-state index in [1.54, 1.807) is 0 Å². The van der Waals surface area contributed by atoms with Crippen LogP contribution >= 0.6 is 22.6 Å². The van der Waals surface area contributed by atoms with Crippen molar-refractivity contribution in [1.29, 1.82) is 0 Å². The van der Waals surface area contributed by atoms with Gasteiger partial charge >= 0.3 is 0 Å². The van der Waals surface area contributed by atoms with Crippen LogP contribution in [0.1, 0.15) is 37.8 Å². The molecule has 2 aliphatic heterocycles. The second-order valence-electron chi connectivity index (χ2n) is 5.58. The van der Waals surface area contributed by atoms with Gasteiger partial charge in [-0.15, -0.1) is 0 Å². The average Bonchev–Trinajstić information content (AvgIpc) is 2.95. The molecule has 0 saturated carbocycles. The van der Waals surface area contributed by atoms with E-state index in [1.165, 1.54) is 41.5 Å². The summed E-state index contributed by atoms with van der Waals surface area (Å²) < 4.78 is 1.31. The van der Waals surface area contributed by atoms with Crippen LogP contribution in [-0.2, 0) is 0 Å². The van der Waals surface area contributed by atoms with E-state index >= 15 is 0 Å². The maximum Gasteiger partial charge on any atom is 0.0295 e. The second-order valence-corrected chi connectivity index (χ2v) is 6.83. The van der Waals surface area contributed by atoms with E-state index in [2.05, 4.69) is 64.0 Å². The zero-order chi connectivity index (χ0) is 12.5. The highest BCUT2D eigenvalue weighted by Gasteiger charge is 2.37. The van der Waals surface area contributed by atoms with Crippen molar-refractivity contribution in [3.63, 3.8) is 0 Å². The lowest BCUT2D eigenvalue weighted by Crippen LogP contribution is -2.40. The molecule has 98 valence electrons. The van der Waals surface area contributed by atoms with Crippen molar-refractivity contribution in [2.24, 2.45) is 0 Å². The van der Waals surface area contributed by atoms with Gasteiger partial charge in [-0.05, 0) is 73.0 Å². The van der Waals surface area contributed by atoms with E-state index < -0.39 is 0 Å². The van der Waals surface area contributed by atoms with Gasteiger partial charge < -0.3 is 5.32 Å². The lowest BCUT2D eigenvalue weighted by atomic mass is 10.0. The summed E-state index contributed by atoms with van der Waals surface area (Å²) in [6, 6.07) is 10.9. The summed E-state index contributed by atoms with van der Waals surface area (Å²) in [7, 11) is 0. The summed E-state index contributed by atoms with van der Waals surface area (Å²) >= 11 is 2.36. The van der Waals surface area contributed by atoms with Crippen molar-refractivity contribution in [2.75, 3.05) is 13.1 Å². The minimum Gasteiger partial charge on any atom is -0.306 e. The van der Waals surface area contributed by atoms with E-state index in [-0.39, 0.29) is 0 Å². The van der Waals surface area contributed by atoms with Crippen LogP contribution in [0.4, 0.5) is 0 Å². The number of fused-ring (bicyclic) bond motifs is 1. The van der Waals surface area contributed by atoms with Crippen molar-refractivity contribution in [2.45, 2.75) is 44.3 Å². The van der Waals surface area contributed by atoms with E-state index in [4.69, 9.17) is 0 Å². The van der Waals surface area contributed by atoms with Gasteiger partial charge in [0, 0.05) is 28.2 Å². The Morgan fingerprint density at radius 3 is 2.78 bits per heavy atom. The number of nitrogens with zero attached hydrogens (tertiary/aromatic N) is 1. The molecule has 0 spiro atoms. The van der Waals surface area contributed by atoms with Gasteiger partial charge in [-0.25, -0.2) is 0 Å². The van der Waals surface area contributed by atoms with Crippen LogP contribution in [0, 0.1) is 3.57 Å². The molecule has 1 aromatic rings. The van der Waals surface area contributed by atoms with Crippen molar-refractivity contribution >= 4 is 22.6 Å². The molecule has 3 atom stereocenters. The zero-order valence-electron chi connectivity index (χ0n) is 10.9. The SMILES string of the molecule is CC(NC1CCN2CCCC12)c1ccc(I)cc1. The molecule has 3 heteroatoms. The molecule has 2 nitrogen and oxygen atoms in total. The molecule has 0 amide bonds. The largest absolute Gasteiger partial charge is 0.306 e. The first kappa shape index (κ1) is 12.9. The third-order valence-electron chi connectivity index (χ3n) is 4.44. The summed E-state index contributed by atoms with van der Waals surface area (Å²) in [5, 5.41) is 3.84. The molecule has 1 N–H and O–H groups in total. The Kier molecular flexibility index (Phi) is 3.91. The van der Waals surface area contributed by atoms with Crippen LogP contribution in [0.15, 0.2) is 24.3 Å². The first-order chi connectivity index (χ1) is 8.74. The molecule has 18 heavy (non-hydrogen) atoms. The number of nitrogens with one attached hydrogen (secondary N) is 1. The predicted molar refractivity (Wildman–Crippen MR) is 83.7 cm³/mol. The van der Waals surface area contributed by atoms with Gasteiger partial charge in [0.25, 0.3) is 0 Å². The smallest absolute Gasteiger partial charge is 0.0295 e. The van der Waals surface area contributed by atoms with Gasteiger partial charge in [-0.2, -0.15) is 0 Å². The van der Waals surface area contributed by atoms with Crippen LogP contribution in [-0.4, -0.2) is 30.1 Å². The van der Waals surface area contributed by atoms with E-state index in [0.717, 1.165) is 6.04 Å². The van der Waals surface area contributed by atoms with Crippen molar-refractivity contribution in [3.05, 3.63) is 33.4 Å². The maximum absolute atomic E-state index is 3.84. The first-order valence-electron chi connectivity index (χ1n) is 6.99. The number of hydrogen-bond donors (Lipinski definition) is 1. The van der Waals surface area contributed by atoms with Crippen molar-refractivity contribution in [1.82, 2.24) is 10.2 Å². The minimum absolute atomic E-state index is 0.465. The number of rotatable bonds is 3.